The number of methoxy groups -OCH3 is 2. The molecule has 0 saturated carbocycles. The Kier molecular flexibility index (Phi) is 5.71. The summed E-state index contributed by atoms with van der Waals surface area (Å²) in [5.74, 6) is 1.53. The number of amides is 2. The Morgan fingerprint density at radius 2 is 1.70 bits per heavy atom. The molecular weight excluding hydrogens is 366 g/mol. The number of nitrogens with zero attached hydrogens (tertiary/aromatic N) is 1. The fraction of sp³-hybridized carbons (Fsp3) is 0.200. The van der Waals surface area contributed by atoms with Gasteiger partial charge in [0.1, 0.15) is 17.2 Å². The maximum atomic E-state index is 12.8. The highest BCUT2D eigenvalue weighted by atomic mass is 32.2. The zero-order valence-corrected chi connectivity index (χ0v) is 16.0. The average Bonchev–Trinajstić information content (AvgIpc) is 2.96. The summed E-state index contributed by atoms with van der Waals surface area (Å²) in [7, 11) is 3.11. The molecule has 1 heterocycles. The van der Waals surface area contributed by atoms with Crippen molar-refractivity contribution in [2.24, 2.45) is 0 Å². The first-order chi connectivity index (χ1) is 13.1. The third kappa shape index (κ3) is 3.93. The SMILES string of the molecule is CCOc1ccc(N2C(=O)S/C(=C/c3cc(OC)ccc3OC)C2=O)cc1. The topological polar surface area (TPSA) is 65.1 Å². The number of rotatable bonds is 6. The van der Waals surface area contributed by atoms with Crippen LogP contribution in [0.5, 0.6) is 17.2 Å². The molecule has 1 saturated heterocycles. The fourth-order valence-electron chi connectivity index (χ4n) is 2.64. The van der Waals surface area contributed by atoms with Gasteiger partial charge < -0.3 is 14.2 Å². The van der Waals surface area contributed by atoms with E-state index in [0.717, 1.165) is 16.7 Å². The zero-order chi connectivity index (χ0) is 19.4. The quantitative estimate of drug-likeness (QED) is 0.689. The smallest absolute Gasteiger partial charge is 0.298 e. The lowest BCUT2D eigenvalue weighted by Crippen LogP contribution is -2.27. The molecule has 140 valence electrons. The van der Waals surface area contributed by atoms with E-state index in [4.69, 9.17) is 14.2 Å². The second kappa shape index (κ2) is 8.18. The number of imide groups is 1. The molecule has 0 atom stereocenters. The second-order valence-electron chi connectivity index (χ2n) is 5.55. The molecular formula is C20H19NO5S. The van der Waals surface area contributed by atoms with Crippen LogP contribution in [0, 0.1) is 0 Å². The predicted molar refractivity (Wildman–Crippen MR) is 106 cm³/mol. The van der Waals surface area contributed by atoms with Crippen LogP contribution in [-0.2, 0) is 4.79 Å². The summed E-state index contributed by atoms with van der Waals surface area (Å²) < 4.78 is 15.9. The molecule has 0 radical (unpaired) electrons. The van der Waals surface area contributed by atoms with E-state index < -0.39 is 0 Å². The molecule has 1 fully saturated rings. The van der Waals surface area contributed by atoms with Crippen LogP contribution >= 0.6 is 11.8 Å². The standard InChI is InChI=1S/C20H19NO5S/c1-4-26-15-7-5-14(6-8-15)21-19(22)18(27-20(21)23)12-13-11-16(24-2)9-10-17(13)25-3/h5-12H,4H2,1-3H3/b18-12+. The second-order valence-corrected chi connectivity index (χ2v) is 6.55. The van der Waals surface area contributed by atoms with Crippen molar-refractivity contribution >= 4 is 34.7 Å². The molecule has 3 rings (SSSR count). The summed E-state index contributed by atoms with van der Waals surface area (Å²) >= 11 is 0.889. The molecule has 0 bridgehead atoms. The Bertz CT molecular complexity index is 892. The first-order valence-electron chi connectivity index (χ1n) is 8.30. The monoisotopic (exact) mass is 385 g/mol. The Morgan fingerprint density at radius 1 is 1.00 bits per heavy atom. The van der Waals surface area contributed by atoms with Crippen LogP contribution in [0.25, 0.3) is 6.08 Å². The third-order valence-corrected chi connectivity index (χ3v) is 4.79. The van der Waals surface area contributed by atoms with Gasteiger partial charge in [0.05, 0.1) is 31.4 Å². The van der Waals surface area contributed by atoms with E-state index in [1.807, 2.05) is 6.92 Å². The molecule has 0 spiro atoms. The predicted octanol–water partition coefficient (Wildman–Crippen LogP) is 4.34. The highest BCUT2D eigenvalue weighted by Crippen LogP contribution is 2.37. The van der Waals surface area contributed by atoms with Gasteiger partial charge >= 0.3 is 0 Å². The number of hydrogen-bond acceptors (Lipinski definition) is 6. The molecule has 1 aliphatic rings. The number of thioether (sulfide) groups is 1. The first-order valence-corrected chi connectivity index (χ1v) is 9.12. The molecule has 0 unspecified atom stereocenters. The molecule has 2 aromatic rings. The van der Waals surface area contributed by atoms with E-state index >= 15 is 0 Å². The Labute approximate surface area is 161 Å². The van der Waals surface area contributed by atoms with Crippen molar-refractivity contribution in [3.8, 4) is 17.2 Å². The minimum Gasteiger partial charge on any atom is -0.497 e. The van der Waals surface area contributed by atoms with E-state index in [1.54, 1.807) is 62.8 Å². The normalized spacial score (nSPS) is 15.4. The van der Waals surface area contributed by atoms with Crippen molar-refractivity contribution in [2.75, 3.05) is 25.7 Å². The largest absolute Gasteiger partial charge is 0.497 e. The molecule has 2 amide bonds. The molecule has 7 heteroatoms. The number of benzene rings is 2. The number of carbonyl (C=O) groups excluding carboxylic acids is 2. The first kappa shape index (κ1) is 18.8. The van der Waals surface area contributed by atoms with Gasteiger partial charge in [0.2, 0.25) is 0 Å². The summed E-state index contributed by atoms with van der Waals surface area (Å²) in [5, 5.41) is -0.350. The van der Waals surface area contributed by atoms with Crippen LogP contribution in [0.15, 0.2) is 47.4 Å². The van der Waals surface area contributed by atoms with E-state index in [1.165, 1.54) is 0 Å². The zero-order valence-electron chi connectivity index (χ0n) is 15.2. The lowest BCUT2D eigenvalue weighted by molar-refractivity contribution is -0.113. The molecule has 6 nitrogen and oxygen atoms in total. The maximum Gasteiger partial charge on any atom is 0.298 e. The number of ether oxygens (including phenoxy) is 3. The van der Waals surface area contributed by atoms with Gasteiger partial charge in [0.15, 0.2) is 0 Å². The van der Waals surface area contributed by atoms with E-state index in [2.05, 4.69) is 0 Å². The van der Waals surface area contributed by atoms with Crippen molar-refractivity contribution in [3.05, 3.63) is 52.9 Å². The molecule has 2 aromatic carbocycles. The van der Waals surface area contributed by atoms with E-state index in [-0.39, 0.29) is 11.1 Å². The average molecular weight is 385 g/mol. The molecule has 1 aliphatic heterocycles. The summed E-state index contributed by atoms with van der Waals surface area (Å²) in [4.78, 5) is 26.7. The number of anilines is 1. The van der Waals surface area contributed by atoms with Gasteiger partial charge in [-0.2, -0.15) is 0 Å². The lowest BCUT2D eigenvalue weighted by atomic mass is 10.1. The van der Waals surface area contributed by atoms with Crippen LogP contribution in [0.4, 0.5) is 10.5 Å². The van der Waals surface area contributed by atoms with Crippen molar-refractivity contribution < 1.29 is 23.8 Å². The minimum atomic E-state index is -0.376. The van der Waals surface area contributed by atoms with Crippen molar-refractivity contribution in [2.45, 2.75) is 6.92 Å². The highest BCUT2D eigenvalue weighted by Gasteiger charge is 2.36. The minimum absolute atomic E-state index is 0.320. The summed E-state index contributed by atoms with van der Waals surface area (Å²) in [6.45, 7) is 2.44. The van der Waals surface area contributed by atoms with Crippen molar-refractivity contribution in [3.63, 3.8) is 0 Å². The summed E-state index contributed by atoms with van der Waals surface area (Å²) in [5.41, 5.74) is 1.16. The summed E-state index contributed by atoms with van der Waals surface area (Å²) in [6.07, 6.45) is 1.64. The lowest BCUT2D eigenvalue weighted by Gasteiger charge is -2.13. The molecule has 0 aliphatic carbocycles. The van der Waals surface area contributed by atoms with Gasteiger partial charge in [-0.3, -0.25) is 9.59 Å². The third-order valence-electron chi connectivity index (χ3n) is 3.92. The van der Waals surface area contributed by atoms with E-state index in [9.17, 15) is 9.59 Å². The van der Waals surface area contributed by atoms with Gasteiger partial charge in [0.25, 0.3) is 11.1 Å². The van der Waals surface area contributed by atoms with Gasteiger partial charge in [-0.1, -0.05) is 0 Å². The number of carbonyl (C=O) groups is 2. The Morgan fingerprint density at radius 3 is 2.33 bits per heavy atom. The molecule has 27 heavy (non-hydrogen) atoms. The Hall–Kier alpha value is -2.93. The summed E-state index contributed by atoms with van der Waals surface area (Å²) in [6, 6.07) is 12.1. The fourth-order valence-corrected chi connectivity index (χ4v) is 3.47. The Balaban J connectivity index is 1.91. The van der Waals surface area contributed by atoms with Crippen LogP contribution < -0.4 is 19.1 Å². The van der Waals surface area contributed by atoms with Crippen LogP contribution in [0.1, 0.15) is 12.5 Å². The maximum absolute atomic E-state index is 12.8. The molecule has 0 N–H and O–H groups in total. The van der Waals surface area contributed by atoms with Gasteiger partial charge in [-0.05, 0) is 67.2 Å². The number of hydrogen-bond donors (Lipinski definition) is 0. The van der Waals surface area contributed by atoms with E-state index in [0.29, 0.717) is 40.0 Å². The van der Waals surface area contributed by atoms with Crippen LogP contribution in [-0.4, -0.2) is 32.0 Å². The van der Waals surface area contributed by atoms with Crippen LogP contribution in [0.2, 0.25) is 0 Å². The van der Waals surface area contributed by atoms with Crippen LogP contribution in [0.3, 0.4) is 0 Å². The van der Waals surface area contributed by atoms with Crippen molar-refractivity contribution in [1.82, 2.24) is 0 Å². The molecule has 0 aromatic heterocycles. The highest BCUT2D eigenvalue weighted by molar-refractivity contribution is 8.19. The van der Waals surface area contributed by atoms with Gasteiger partial charge in [-0.15, -0.1) is 0 Å². The van der Waals surface area contributed by atoms with Crippen molar-refractivity contribution in [1.29, 1.82) is 0 Å². The van der Waals surface area contributed by atoms with Gasteiger partial charge in [0, 0.05) is 5.56 Å². The van der Waals surface area contributed by atoms with Gasteiger partial charge in [-0.25, -0.2) is 4.90 Å².